The number of piperazine rings is 1. The van der Waals surface area contributed by atoms with Gasteiger partial charge in [-0.3, -0.25) is 4.98 Å². The molecular formula is C19H22N6O5S. The Balaban J connectivity index is 1.26. The van der Waals surface area contributed by atoms with Gasteiger partial charge in [-0.1, -0.05) is 0 Å². The highest BCUT2D eigenvalue weighted by Gasteiger charge is 2.29. The molecule has 31 heavy (non-hydrogen) atoms. The monoisotopic (exact) mass is 446 g/mol. The average Bonchev–Trinajstić information content (AvgIpc) is 3.19. The molecule has 0 bridgehead atoms. The van der Waals surface area contributed by atoms with Crippen LogP contribution in [0, 0.1) is 0 Å². The molecule has 2 aliphatic rings. The van der Waals surface area contributed by atoms with Crippen molar-refractivity contribution in [3.8, 4) is 0 Å². The summed E-state index contributed by atoms with van der Waals surface area (Å²) in [6.07, 6.45) is 0. The highest BCUT2D eigenvalue weighted by Crippen LogP contribution is 2.23. The van der Waals surface area contributed by atoms with Gasteiger partial charge in [0.25, 0.3) is 0 Å². The molecule has 0 amide bonds. The molecule has 2 aliphatic heterocycles. The SMILES string of the molecule is O=c1[nH]c2cc(S(=O)(=O)N3CCN(c4ccc(N5CCOCC5)nn4)CC3)ccc2o1. The molecule has 5 rings (SSSR count). The number of nitrogens with zero attached hydrogens (tertiary/aromatic N) is 5. The first kappa shape index (κ1) is 20.0. The molecule has 2 aromatic heterocycles. The average molecular weight is 446 g/mol. The summed E-state index contributed by atoms with van der Waals surface area (Å²) in [4.78, 5) is 18.1. The summed E-state index contributed by atoms with van der Waals surface area (Å²) < 4.78 is 37.8. The van der Waals surface area contributed by atoms with Crippen LogP contribution in [-0.4, -0.2) is 80.4 Å². The topological polar surface area (TPSA) is 125 Å². The minimum atomic E-state index is -3.68. The van der Waals surface area contributed by atoms with Crippen LogP contribution in [0.3, 0.4) is 0 Å². The van der Waals surface area contributed by atoms with Crippen LogP contribution in [-0.2, 0) is 14.8 Å². The standard InChI is InChI=1S/C19H22N6O5S/c26-19-20-15-13-14(1-2-16(15)30-19)31(27,28)25-7-5-23(6-8-25)17-3-4-18(22-21-17)24-9-11-29-12-10-24/h1-4,13H,5-12H2,(H,20,26). The lowest BCUT2D eigenvalue weighted by Crippen LogP contribution is -2.49. The van der Waals surface area contributed by atoms with Crippen molar-refractivity contribution in [2.45, 2.75) is 4.90 Å². The first-order chi connectivity index (χ1) is 15.0. The molecule has 4 heterocycles. The van der Waals surface area contributed by atoms with Gasteiger partial charge in [-0.05, 0) is 30.3 Å². The Labute approximate surface area is 178 Å². The smallest absolute Gasteiger partial charge is 0.408 e. The summed E-state index contributed by atoms with van der Waals surface area (Å²) in [5.74, 6) is 0.936. The number of rotatable bonds is 4. The molecule has 3 aromatic rings. The van der Waals surface area contributed by atoms with Crippen molar-refractivity contribution in [2.24, 2.45) is 0 Å². The number of anilines is 2. The summed E-state index contributed by atoms with van der Waals surface area (Å²) in [5.41, 5.74) is 0.688. The van der Waals surface area contributed by atoms with Crippen LogP contribution in [0.1, 0.15) is 0 Å². The van der Waals surface area contributed by atoms with Crippen LogP contribution >= 0.6 is 0 Å². The molecule has 2 saturated heterocycles. The van der Waals surface area contributed by atoms with Crippen LogP contribution in [0.25, 0.3) is 11.1 Å². The van der Waals surface area contributed by atoms with E-state index in [0.717, 1.165) is 24.7 Å². The number of oxazole rings is 1. The zero-order valence-electron chi connectivity index (χ0n) is 16.7. The predicted octanol–water partition coefficient (Wildman–Crippen LogP) is 0.259. The number of fused-ring (bicyclic) bond motifs is 1. The van der Waals surface area contributed by atoms with Crippen LogP contribution in [0.5, 0.6) is 0 Å². The molecule has 0 saturated carbocycles. The number of aromatic nitrogens is 3. The number of nitrogens with one attached hydrogen (secondary N) is 1. The van der Waals surface area contributed by atoms with Gasteiger partial charge in [-0.2, -0.15) is 4.31 Å². The molecule has 12 heteroatoms. The number of benzene rings is 1. The van der Waals surface area contributed by atoms with E-state index in [2.05, 4.69) is 20.1 Å². The fraction of sp³-hybridized carbons (Fsp3) is 0.421. The number of aromatic amines is 1. The second-order valence-corrected chi connectivity index (χ2v) is 9.35. The molecule has 2 fully saturated rings. The molecule has 0 unspecified atom stereocenters. The number of sulfonamides is 1. The Kier molecular flexibility index (Phi) is 5.12. The Morgan fingerprint density at radius 1 is 0.871 bits per heavy atom. The van der Waals surface area contributed by atoms with E-state index in [4.69, 9.17) is 9.15 Å². The first-order valence-corrected chi connectivity index (χ1v) is 11.5. The largest absolute Gasteiger partial charge is 0.417 e. The first-order valence-electron chi connectivity index (χ1n) is 10.1. The van der Waals surface area contributed by atoms with Gasteiger partial charge in [0.1, 0.15) is 0 Å². The summed E-state index contributed by atoms with van der Waals surface area (Å²) in [5, 5.41) is 8.67. The third kappa shape index (κ3) is 3.89. The zero-order chi connectivity index (χ0) is 21.4. The van der Waals surface area contributed by atoms with Gasteiger partial charge in [-0.15, -0.1) is 10.2 Å². The van der Waals surface area contributed by atoms with Gasteiger partial charge < -0.3 is 19.0 Å². The van der Waals surface area contributed by atoms with Gasteiger partial charge >= 0.3 is 5.76 Å². The van der Waals surface area contributed by atoms with Crippen LogP contribution in [0.2, 0.25) is 0 Å². The van der Waals surface area contributed by atoms with Crippen LogP contribution < -0.4 is 15.6 Å². The quantitative estimate of drug-likeness (QED) is 0.601. The molecule has 0 spiro atoms. The van der Waals surface area contributed by atoms with Crippen molar-refractivity contribution in [2.75, 3.05) is 62.3 Å². The fourth-order valence-corrected chi connectivity index (χ4v) is 5.30. The van der Waals surface area contributed by atoms with Crippen molar-refractivity contribution >= 4 is 32.8 Å². The molecule has 11 nitrogen and oxygen atoms in total. The summed E-state index contributed by atoms with van der Waals surface area (Å²) in [6, 6.07) is 8.24. The Morgan fingerprint density at radius 2 is 1.52 bits per heavy atom. The Bertz CT molecular complexity index is 1220. The maximum atomic E-state index is 13.0. The number of hydrogen-bond acceptors (Lipinski definition) is 9. The van der Waals surface area contributed by atoms with E-state index in [1.807, 2.05) is 17.0 Å². The van der Waals surface area contributed by atoms with E-state index < -0.39 is 15.8 Å². The molecule has 0 aliphatic carbocycles. The lowest BCUT2D eigenvalue weighted by molar-refractivity contribution is 0.122. The number of hydrogen-bond donors (Lipinski definition) is 1. The van der Waals surface area contributed by atoms with E-state index in [-0.39, 0.29) is 4.90 Å². The highest BCUT2D eigenvalue weighted by atomic mass is 32.2. The third-order valence-electron chi connectivity index (χ3n) is 5.56. The summed E-state index contributed by atoms with van der Waals surface area (Å²) in [7, 11) is -3.68. The van der Waals surface area contributed by atoms with E-state index >= 15 is 0 Å². The van der Waals surface area contributed by atoms with Crippen LogP contribution in [0.15, 0.2) is 44.4 Å². The number of morpholine rings is 1. The Morgan fingerprint density at radius 3 is 2.16 bits per heavy atom. The lowest BCUT2D eigenvalue weighted by Gasteiger charge is -2.34. The summed E-state index contributed by atoms with van der Waals surface area (Å²) in [6.45, 7) is 4.63. The molecule has 1 N–H and O–H groups in total. The maximum absolute atomic E-state index is 13.0. The minimum absolute atomic E-state index is 0.125. The van der Waals surface area contributed by atoms with Gasteiger partial charge in [-0.25, -0.2) is 13.2 Å². The minimum Gasteiger partial charge on any atom is -0.408 e. The van der Waals surface area contributed by atoms with Crippen molar-refractivity contribution < 1.29 is 17.6 Å². The molecule has 0 atom stereocenters. The Hall–Kier alpha value is -2.96. The van der Waals surface area contributed by atoms with Gasteiger partial charge in [0.2, 0.25) is 10.0 Å². The normalized spacial score (nSPS) is 18.6. The second kappa shape index (κ2) is 7.94. The predicted molar refractivity (Wildman–Crippen MR) is 113 cm³/mol. The van der Waals surface area contributed by atoms with E-state index in [0.29, 0.717) is 50.5 Å². The van der Waals surface area contributed by atoms with E-state index in [1.165, 1.54) is 22.5 Å². The number of H-pyrrole nitrogens is 1. The van der Waals surface area contributed by atoms with E-state index in [9.17, 15) is 13.2 Å². The van der Waals surface area contributed by atoms with Crippen molar-refractivity contribution in [3.05, 3.63) is 40.9 Å². The van der Waals surface area contributed by atoms with Gasteiger partial charge in [0.05, 0.1) is 23.6 Å². The fourth-order valence-electron chi connectivity index (χ4n) is 3.85. The highest BCUT2D eigenvalue weighted by molar-refractivity contribution is 7.89. The molecule has 0 radical (unpaired) electrons. The van der Waals surface area contributed by atoms with Crippen molar-refractivity contribution in [3.63, 3.8) is 0 Å². The van der Waals surface area contributed by atoms with Crippen molar-refractivity contribution in [1.82, 2.24) is 19.5 Å². The zero-order valence-corrected chi connectivity index (χ0v) is 17.5. The molecule has 164 valence electrons. The van der Waals surface area contributed by atoms with Gasteiger partial charge in [0, 0.05) is 39.3 Å². The van der Waals surface area contributed by atoms with Crippen molar-refractivity contribution in [1.29, 1.82) is 0 Å². The van der Waals surface area contributed by atoms with Gasteiger partial charge in [0.15, 0.2) is 17.2 Å². The van der Waals surface area contributed by atoms with Crippen LogP contribution in [0.4, 0.5) is 11.6 Å². The van der Waals surface area contributed by atoms with E-state index in [1.54, 1.807) is 0 Å². The summed E-state index contributed by atoms with van der Waals surface area (Å²) >= 11 is 0. The number of ether oxygens (including phenoxy) is 1. The molecule has 1 aromatic carbocycles. The third-order valence-corrected chi connectivity index (χ3v) is 7.46. The second-order valence-electron chi connectivity index (χ2n) is 7.41. The molecular weight excluding hydrogens is 424 g/mol. The lowest BCUT2D eigenvalue weighted by atomic mass is 10.3. The maximum Gasteiger partial charge on any atom is 0.417 e.